The second kappa shape index (κ2) is 56.0. The van der Waals surface area contributed by atoms with Crippen LogP contribution in [0.5, 0.6) is 0 Å². The van der Waals surface area contributed by atoms with Gasteiger partial charge in [0.1, 0.15) is 13.2 Å². The van der Waals surface area contributed by atoms with Gasteiger partial charge in [0.05, 0.1) is 0 Å². The third-order valence-corrected chi connectivity index (χ3v) is 12.8. The first-order chi connectivity index (χ1) is 33.0. The minimum absolute atomic E-state index is 0.0764. The van der Waals surface area contributed by atoms with Gasteiger partial charge in [0.25, 0.3) is 0 Å². The van der Waals surface area contributed by atoms with Crippen LogP contribution in [0, 0.1) is 0 Å². The van der Waals surface area contributed by atoms with Crippen molar-refractivity contribution in [1.82, 2.24) is 0 Å². The number of esters is 3. The van der Waals surface area contributed by atoms with Crippen molar-refractivity contribution in [3.05, 3.63) is 48.6 Å². The highest BCUT2D eigenvalue weighted by atomic mass is 16.6. The first-order valence-electron chi connectivity index (χ1n) is 29.1. The molecule has 0 aromatic carbocycles. The minimum Gasteiger partial charge on any atom is -0.462 e. The van der Waals surface area contributed by atoms with E-state index in [1.54, 1.807) is 0 Å². The number of hydrogen-bond acceptors (Lipinski definition) is 6. The Bertz CT molecular complexity index is 1170. The lowest BCUT2D eigenvalue weighted by Gasteiger charge is -2.18. The summed E-state index contributed by atoms with van der Waals surface area (Å²) in [6, 6.07) is 0. The number of ether oxygens (including phenoxy) is 3. The Morgan fingerprint density at radius 3 is 0.866 bits per heavy atom. The number of carbonyl (C=O) groups excluding carboxylic acids is 3. The third kappa shape index (κ3) is 54.2. The van der Waals surface area contributed by atoms with Crippen LogP contribution < -0.4 is 0 Å². The third-order valence-electron chi connectivity index (χ3n) is 12.8. The minimum atomic E-state index is -0.778. The second-order valence-corrected chi connectivity index (χ2v) is 19.6. The highest BCUT2D eigenvalue weighted by Gasteiger charge is 2.19. The molecule has 0 aromatic rings. The van der Waals surface area contributed by atoms with Crippen LogP contribution >= 0.6 is 0 Å². The fourth-order valence-corrected chi connectivity index (χ4v) is 8.37. The van der Waals surface area contributed by atoms with Gasteiger partial charge >= 0.3 is 17.9 Å². The molecule has 0 heterocycles. The summed E-state index contributed by atoms with van der Waals surface area (Å²) in [5, 5.41) is 0. The molecule has 0 N–H and O–H groups in total. The highest BCUT2D eigenvalue weighted by Crippen LogP contribution is 2.16. The Kier molecular flexibility index (Phi) is 53.8. The number of hydrogen-bond donors (Lipinski definition) is 0. The zero-order chi connectivity index (χ0) is 48.6. The van der Waals surface area contributed by atoms with Gasteiger partial charge in [-0.05, 0) is 77.0 Å². The Balaban J connectivity index is 4.28. The molecule has 1 unspecified atom stereocenters. The summed E-state index contributed by atoms with van der Waals surface area (Å²) in [6.07, 6.45) is 68.2. The van der Waals surface area contributed by atoms with E-state index < -0.39 is 6.10 Å². The maximum atomic E-state index is 12.8. The van der Waals surface area contributed by atoms with E-state index in [9.17, 15) is 14.4 Å². The monoisotopic (exact) mass is 939 g/mol. The molecule has 0 saturated heterocycles. The molecule has 6 heteroatoms. The molecule has 1 atom stereocenters. The van der Waals surface area contributed by atoms with Crippen LogP contribution in [0.25, 0.3) is 0 Å². The average molecular weight is 940 g/mol. The number of unbranched alkanes of at least 4 members (excludes halogenated alkanes) is 34. The largest absolute Gasteiger partial charge is 0.462 e. The Morgan fingerprint density at radius 1 is 0.299 bits per heavy atom. The van der Waals surface area contributed by atoms with Crippen molar-refractivity contribution < 1.29 is 28.6 Å². The summed E-state index contributed by atoms with van der Waals surface area (Å²) in [5.74, 6) is -0.880. The smallest absolute Gasteiger partial charge is 0.306 e. The Morgan fingerprint density at radius 2 is 0.552 bits per heavy atom. The maximum absolute atomic E-state index is 12.8. The van der Waals surface area contributed by atoms with Gasteiger partial charge in [-0.15, -0.1) is 0 Å². The van der Waals surface area contributed by atoms with Crippen LogP contribution in [0.2, 0.25) is 0 Å². The van der Waals surface area contributed by atoms with Crippen molar-refractivity contribution in [3.8, 4) is 0 Å². The normalized spacial score (nSPS) is 12.3. The van der Waals surface area contributed by atoms with Gasteiger partial charge in [-0.3, -0.25) is 14.4 Å². The lowest BCUT2D eigenvalue weighted by molar-refractivity contribution is -0.167. The molecule has 0 fully saturated rings. The van der Waals surface area contributed by atoms with Crippen molar-refractivity contribution in [2.75, 3.05) is 13.2 Å². The molecule has 0 rings (SSSR count). The Labute approximate surface area is 416 Å². The molecule has 390 valence electrons. The second-order valence-electron chi connectivity index (χ2n) is 19.6. The van der Waals surface area contributed by atoms with Gasteiger partial charge in [0, 0.05) is 19.3 Å². The van der Waals surface area contributed by atoms with Crippen molar-refractivity contribution >= 4 is 17.9 Å². The molecule has 67 heavy (non-hydrogen) atoms. The van der Waals surface area contributed by atoms with E-state index in [4.69, 9.17) is 14.2 Å². The van der Waals surface area contributed by atoms with Gasteiger partial charge in [0.15, 0.2) is 6.10 Å². The van der Waals surface area contributed by atoms with Gasteiger partial charge in [-0.2, -0.15) is 0 Å². The van der Waals surface area contributed by atoms with Crippen molar-refractivity contribution in [3.63, 3.8) is 0 Å². The van der Waals surface area contributed by atoms with Crippen LogP contribution in [-0.4, -0.2) is 37.2 Å². The van der Waals surface area contributed by atoms with E-state index >= 15 is 0 Å². The molecule has 0 aliphatic rings. The number of allylic oxidation sites excluding steroid dienone is 8. The van der Waals surface area contributed by atoms with Gasteiger partial charge in [-0.1, -0.05) is 256 Å². The van der Waals surface area contributed by atoms with Crippen LogP contribution in [0.4, 0.5) is 0 Å². The molecule has 6 nitrogen and oxygen atoms in total. The highest BCUT2D eigenvalue weighted by molar-refractivity contribution is 5.71. The summed E-state index contributed by atoms with van der Waals surface area (Å²) in [7, 11) is 0. The summed E-state index contributed by atoms with van der Waals surface area (Å²) in [5.41, 5.74) is 0. The lowest BCUT2D eigenvalue weighted by atomic mass is 10.0. The van der Waals surface area contributed by atoms with Gasteiger partial charge < -0.3 is 14.2 Å². The fraction of sp³-hybridized carbons (Fsp3) is 0.820. The number of carbonyl (C=O) groups is 3. The standard InChI is InChI=1S/C61H110O6/c1-4-7-10-13-16-19-22-25-27-28-29-30-31-32-33-34-35-37-39-42-45-48-51-54-60(63)66-57-58(56-65-59(62)53-50-47-44-41-38-24-21-18-15-12-9-6-3)67-61(64)55-52-49-46-43-40-36-26-23-20-17-14-11-8-5-2/h14,17,22-23,25-26,28-29,58H,4-13,15-16,18-21,24,27,30-57H2,1-3H3/b17-14-,25-22-,26-23-,29-28-. The summed E-state index contributed by atoms with van der Waals surface area (Å²) in [4.78, 5) is 38.1. The van der Waals surface area contributed by atoms with E-state index in [1.807, 2.05) is 0 Å². The van der Waals surface area contributed by atoms with E-state index in [2.05, 4.69) is 69.4 Å². The first-order valence-corrected chi connectivity index (χ1v) is 29.1. The predicted molar refractivity (Wildman–Crippen MR) is 289 cm³/mol. The van der Waals surface area contributed by atoms with Crippen LogP contribution in [0.15, 0.2) is 48.6 Å². The van der Waals surface area contributed by atoms with Crippen LogP contribution in [0.3, 0.4) is 0 Å². The summed E-state index contributed by atoms with van der Waals surface area (Å²) in [6.45, 7) is 6.60. The van der Waals surface area contributed by atoms with Crippen LogP contribution in [0.1, 0.15) is 303 Å². The molecule has 0 saturated carbocycles. The SMILES string of the molecule is CCCC/C=C\C/C=C\CCCCCCCC(=O)OC(COC(=O)CCCCCCCCCCCCCC)COC(=O)CCCCCCCCCCCCC/C=C\C/C=C\CCCCCCC. The molecular weight excluding hydrogens is 829 g/mol. The van der Waals surface area contributed by atoms with Crippen molar-refractivity contribution in [1.29, 1.82) is 0 Å². The average Bonchev–Trinajstić information content (AvgIpc) is 3.33. The quantitative estimate of drug-likeness (QED) is 0.0262. The zero-order valence-corrected chi connectivity index (χ0v) is 44.7. The topological polar surface area (TPSA) is 78.9 Å². The van der Waals surface area contributed by atoms with Gasteiger partial charge in [0.2, 0.25) is 0 Å². The molecule has 0 aliphatic heterocycles. The van der Waals surface area contributed by atoms with E-state index in [0.717, 1.165) is 89.9 Å². The van der Waals surface area contributed by atoms with Crippen molar-refractivity contribution in [2.45, 2.75) is 309 Å². The molecule has 0 aromatic heterocycles. The molecule has 0 bridgehead atoms. The summed E-state index contributed by atoms with van der Waals surface area (Å²) < 4.78 is 16.8. The predicted octanol–water partition coefficient (Wildman–Crippen LogP) is 19.4. The van der Waals surface area contributed by atoms with E-state index in [-0.39, 0.29) is 31.1 Å². The fourth-order valence-electron chi connectivity index (χ4n) is 8.37. The molecule has 0 amide bonds. The first kappa shape index (κ1) is 64.4. The van der Waals surface area contributed by atoms with Crippen molar-refractivity contribution in [2.24, 2.45) is 0 Å². The van der Waals surface area contributed by atoms with E-state index in [1.165, 1.54) is 173 Å². The van der Waals surface area contributed by atoms with Gasteiger partial charge in [-0.25, -0.2) is 0 Å². The molecule has 0 radical (unpaired) electrons. The Hall–Kier alpha value is -2.63. The molecule has 0 spiro atoms. The molecular formula is C61H110O6. The molecule has 0 aliphatic carbocycles. The number of rotatable bonds is 53. The van der Waals surface area contributed by atoms with E-state index in [0.29, 0.717) is 19.3 Å². The summed E-state index contributed by atoms with van der Waals surface area (Å²) >= 11 is 0. The lowest BCUT2D eigenvalue weighted by Crippen LogP contribution is -2.30. The maximum Gasteiger partial charge on any atom is 0.306 e. The zero-order valence-electron chi connectivity index (χ0n) is 44.7. The van der Waals surface area contributed by atoms with Crippen LogP contribution in [-0.2, 0) is 28.6 Å².